The third kappa shape index (κ3) is 4.84. The predicted molar refractivity (Wildman–Crippen MR) is 129 cm³/mol. The van der Waals surface area contributed by atoms with E-state index in [1.807, 2.05) is 30.3 Å². The molecule has 0 N–H and O–H groups in total. The summed E-state index contributed by atoms with van der Waals surface area (Å²) in [5.74, 6) is -0.467. The first-order valence-corrected chi connectivity index (χ1v) is 12.5. The Hall–Kier alpha value is -3.20. The van der Waals surface area contributed by atoms with Gasteiger partial charge in [-0.15, -0.1) is 0 Å². The van der Waals surface area contributed by atoms with Crippen molar-refractivity contribution in [2.75, 3.05) is 18.6 Å². The second-order valence-corrected chi connectivity index (χ2v) is 10.1. The minimum Gasteiger partial charge on any atom is -0.497 e. The van der Waals surface area contributed by atoms with E-state index in [1.165, 1.54) is 31.4 Å². The number of hydrogen-bond acceptors (Lipinski definition) is 5. The molecule has 1 saturated heterocycles. The Morgan fingerprint density at radius 3 is 2.24 bits per heavy atom. The second kappa shape index (κ2) is 9.97. The lowest BCUT2D eigenvalue weighted by atomic mass is 10.1. The van der Waals surface area contributed by atoms with Gasteiger partial charge in [0, 0.05) is 11.6 Å². The fourth-order valence-electron chi connectivity index (χ4n) is 3.91. The molecule has 0 saturated carbocycles. The first-order valence-electron chi connectivity index (χ1n) is 10.6. The number of methoxy groups -OCH3 is 1. The lowest BCUT2D eigenvalue weighted by Crippen LogP contribution is -2.46. The second-order valence-electron chi connectivity index (χ2n) is 7.79. The fraction of sp³-hybridized carbons (Fsp3) is 0.200. The molecule has 1 aliphatic rings. The van der Waals surface area contributed by atoms with Gasteiger partial charge in [0.15, 0.2) is 0 Å². The molecule has 4 rings (SSSR count). The van der Waals surface area contributed by atoms with Crippen LogP contribution in [0.3, 0.4) is 0 Å². The molecule has 3 aromatic carbocycles. The number of sulfonamides is 1. The van der Waals surface area contributed by atoms with E-state index >= 15 is 0 Å². The Balaban J connectivity index is 1.68. The molecule has 1 aliphatic heterocycles. The molecule has 3 aromatic rings. The normalized spacial score (nSPS) is 16.3. The highest BCUT2D eigenvalue weighted by atomic mass is 35.5. The summed E-state index contributed by atoms with van der Waals surface area (Å²) in [6, 6.07) is 20.5. The quantitative estimate of drug-likeness (QED) is 0.440. The number of imide groups is 1. The monoisotopic (exact) mass is 498 g/mol. The standard InChI is InChI=1S/C25H23ClN2O5S/c1-33-21-11-9-20(10-12-21)28-24(29)17-23(25(28)30)27(16-15-18-5-3-2-4-6-18)34(31,32)22-13-7-19(26)8-14-22/h2-14,23H,15-17H2,1H3. The number of nitrogens with zero attached hydrogens (tertiary/aromatic N) is 2. The first kappa shape index (κ1) is 23.9. The van der Waals surface area contributed by atoms with Crippen LogP contribution in [0.2, 0.25) is 5.02 Å². The maximum atomic E-state index is 13.6. The average Bonchev–Trinajstić information content (AvgIpc) is 3.13. The summed E-state index contributed by atoms with van der Waals surface area (Å²) < 4.78 is 33.5. The molecule has 1 fully saturated rings. The summed E-state index contributed by atoms with van der Waals surface area (Å²) in [5.41, 5.74) is 1.28. The number of halogens is 1. The Kier molecular flexibility index (Phi) is 7.02. The van der Waals surface area contributed by atoms with Gasteiger partial charge in [-0.1, -0.05) is 41.9 Å². The van der Waals surface area contributed by atoms with Crippen LogP contribution in [0, 0.1) is 0 Å². The number of hydrogen-bond donors (Lipinski definition) is 0. The van der Waals surface area contributed by atoms with Crippen LogP contribution in [0.4, 0.5) is 5.69 Å². The summed E-state index contributed by atoms with van der Waals surface area (Å²) in [4.78, 5) is 27.3. The van der Waals surface area contributed by atoms with Gasteiger partial charge in [0.05, 0.1) is 24.1 Å². The molecular weight excluding hydrogens is 476 g/mol. The predicted octanol–water partition coefficient (Wildman–Crippen LogP) is 3.91. The Morgan fingerprint density at radius 2 is 1.62 bits per heavy atom. The van der Waals surface area contributed by atoms with Gasteiger partial charge in [-0.3, -0.25) is 9.59 Å². The average molecular weight is 499 g/mol. The van der Waals surface area contributed by atoms with E-state index in [1.54, 1.807) is 24.3 Å². The Morgan fingerprint density at radius 1 is 0.971 bits per heavy atom. The number of carbonyl (C=O) groups is 2. The minimum atomic E-state index is -4.09. The third-order valence-corrected chi connectivity index (χ3v) is 7.86. The van der Waals surface area contributed by atoms with Crippen molar-refractivity contribution in [1.29, 1.82) is 0 Å². The van der Waals surface area contributed by atoms with Crippen molar-refractivity contribution in [3.63, 3.8) is 0 Å². The number of anilines is 1. The van der Waals surface area contributed by atoms with Crippen molar-refractivity contribution in [2.45, 2.75) is 23.8 Å². The van der Waals surface area contributed by atoms with Crippen molar-refractivity contribution in [3.05, 3.63) is 89.4 Å². The van der Waals surface area contributed by atoms with Crippen LogP contribution >= 0.6 is 11.6 Å². The fourth-order valence-corrected chi connectivity index (χ4v) is 5.62. The van der Waals surface area contributed by atoms with Crippen molar-refractivity contribution >= 4 is 39.1 Å². The zero-order chi connectivity index (χ0) is 24.3. The zero-order valence-corrected chi connectivity index (χ0v) is 20.0. The molecule has 34 heavy (non-hydrogen) atoms. The highest BCUT2D eigenvalue weighted by Crippen LogP contribution is 2.30. The van der Waals surface area contributed by atoms with E-state index in [0.717, 1.165) is 14.8 Å². The van der Waals surface area contributed by atoms with Crippen LogP contribution in [0.15, 0.2) is 83.8 Å². The number of carbonyl (C=O) groups excluding carboxylic acids is 2. The van der Waals surface area contributed by atoms with Crippen molar-refractivity contribution in [3.8, 4) is 5.75 Å². The highest BCUT2D eigenvalue weighted by Gasteiger charge is 2.46. The SMILES string of the molecule is COc1ccc(N2C(=O)CC(N(CCc3ccccc3)S(=O)(=O)c3ccc(Cl)cc3)C2=O)cc1. The topological polar surface area (TPSA) is 84.0 Å². The largest absolute Gasteiger partial charge is 0.497 e. The summed E-state index contributed by atoms with van der Waals surface area (Å²) in [7, 11) is -2.57. The number of rotatable bonds is 8. The molecule has 176 valence electrons. The van der Waals surface area contributed by atoms with Gasteiger partial charge >= 0.3 is 0 Å². The van der Waals surface area contributed by atoms with Gasteiger partial charge in [-0.05, 0) is 60.5 Å². The highest BCUT2D eigenvalue weighted by molar-refractivity contribution is 7.89. The molecule has 0 bridgehead atoms. The van der Waals surface area contributed by atoms with Crippen molar-refractivity contribution < 1.29 is 22.7 Å². The van der Waals surface area contributed by atoms with Crippen LogP contribution in [0.25, 0.3) is 0 Å². The lowest BCUT2D eigenvalue weighted by Gasteiger charge is -2.27. The number of ether oxygens (including phenoxy) is 1. The van der Waals surface area contributed by atoms with Crippen molar-refractivity contribution in [1.82, 2.24) is 4.31 Å². The molecule has 0 spiro atoms. The van der Waals surface area contributed by atoms with Crippen LogP contribution in [-0.4, -0.2) is 44.2 Å². The molecule has 1 atom stereocenters. The maximum absolute atomic E-state index is 13.6. The molecule has 1 heterocycles. The first-order chi connectivity index (χ1) is 16.3. The summed E-state index contributed by atoms with van der Waals surface area (Å²) in [6.45, 7) is 0.0368. The lowest BCUT2D eigenvalue weighted by molar-refractivity contribution is -0.122. The van der Waals surface area contributed by atoms with Gasteiger partial charge in [-0.25, -0.2) is 13.3 Å². The summed E-state index contributed by atoms with van der Waals surface area (Å²) in [5, 5.41) is 0.396. The van der Waals surface area contributed by atoms with E-state index in [9.17, 15) is 18.0 Å². The van der Waals surface area contributed by atoms with E-state index in [2.05, 4.69) is 0 Å². The number of benzene rings is 3. The van der Waals surface area contributed by atoms with Crippen LogP contribution in [-0.2, 0) is 26.0 Å². The summed E-state index contributed by atoms with van der Waals surface area (Å²) in [6.07, 6.45) is 0.140. The van der Waals surface area contributed by atoms with Crippen LogP contribution in [0.1, 0.15) is 12.0 Å². The number of amides is 2. The van der Waals surface area contributed by atoms with E-state index < -0.39 is 27.9 Å². The van der Waals surface area contributed by atoms with Gasteiger partial charge in [0.2, 0.25) is 15.9 Å². The van der Waals surface area contributed by atoms with Crippen molar-refractivity contribution in [2.24, 2.45) is 0 Å². The Labute approximate surface area is 203 Å². The molecule has 0 aliphatic carbocycles. The minimum absolute atomic E-state index is 0.00751. The van der Waals surface area contributed by atoms with Gasteiger partial charge < -0.3 is 4.74 Å². The Bertz CT molecular complexity index is 1280. The zero-order valence-electron chi connectivity index (χ0n) is 18.4. The van der Waals surface area contributed by atoms with Gasteiger partial charge in [0.1, 0.15) is 11.8 Å². The van der Waals surface area contributed by atoms with E-state index in [4.69, 9.17) is 16.3 Å². The van der Waals surface area contributed by atoms with E-state index in [-0.39, 0.29) is 17.9 Å². The molecule has 2 amide bonds. The van der Waals surface area contributed by atoms with Crippen LogP contribution < -0.4 is 9.64 Å². The van der Waals surface area contributed by atoms with Crippen LogP contribution in [0.5, 0.6) is 5.75 Å². The smallest absolute Gasteiger partial charge is 0.252 e. The molecule has 7 nitrogen and oxygen atoms in total. The van der Waals surface area contributed by atoms with E-state index in [0.29, 0.717) is 22.9 Å². The van der Waals surface area contributed by atoms with Gasteiger partial charge in [0.25, 0.3) is 5.91 Å². The molecule has 9 heteroatoms. The molecule has 0 radical (unpaired) electrons. The third-order valence-electron chi connectivity index (χ3n) is 5.68. The summed E-state index contributed by atoms with van der Waals surface area (Å²) >= 11 is 5.94. The molecule has 0 aromatic heterocycles. The van der Waals surface area contributed by atoms with Gasteiger partial charge in [-0.2, -0.15) is 4.31 Å². The molecule has 1 unspecified atom stereocenters. The maximum Gasteiger partial charge on any atom is 0.252 e. The molecular formula is C25H23ClN2O5S.